The SMILES string of the molecule is O=C(OCC(=O)N(Cc1ccccc1F)C1CC1)C1CCCCC1c1nc2ccccc2s1. The molecule has 33 heavy (non-hydrogen) atoms. The van der Waals surface area contributed by atoms with Gasteiger partial charge < -0.3 is 9.64 Å². The second-order valence-corrected chi connectivity index (χ2v) is 10.0. The molecule has 2 aliphatic carbocycles. The summed E-state index contributed by atoms with van der Waals surface area (Å²) in [6, 6.07) is 14.6. The van der Waals surface area contributed by atoms with E-state index in [2.05, 4.69) is 0 Å². The summed E-state index contributed by atoms with van der Waals surface area (Å²) in [7, 11) is 0. The Morgan fingerprint density at radius 1 is 1.03 bits per heavy atom. The molecular weight excluding hydrogens is 439 g/mol. The molecule has 3 aromatic rings. The molecule has 2 aliphatic rings. The van der Waals surface area contributed by atoms with Crippen molar-refractivity contribution in [3.8, 4) is 0 Å². The maximum absolute atomic E-state index is 14.1. The minimum Gasteiger partial charge on any atom is -0.455 e. The number of fused-ring (bicyclic) bond motifs is 1. The number of benzene rings is 2. The number of esters is 1. The van der Waals surface area contributed by atoms with Crippen molar-refractivity contribution in [2.45, 2.75) is 57.0 Å². The fourth-order valence-electron chi connectivity index (χ4n) is 4.70. The summed E-state index contributed by atoms with van der Waals surface area (Å²) in [6.45, 7) is -0.0989. The molecule has 0 aliphatic heterocycles. The number of aromatic nitrogens is 1. The molecule has 5 rings (SSSR count). The van der Waals surface area contributed by atoms with Gasteiger partial charge in [0, 0.05) is 24.1 Å². The van der Waals surface area contributed by atoms with Crippen molar-refractivity contribution in [2.24, 2.45) is 5.92 Å². The number of amides is 1. The van der Waals surface area contributed by atoms with E-state index in [1.807, 2.05) is 24.3 Å². The lowest BCUT2D eigenvalue weighted by molar-refractivity contribution is -0.157. The summed E-state index contributed by atoms with van der Waals surface area (Å²) in [5.74, 6) is -1.17. The number of hydrogen-bond acceptors (Lipinski definition) is 5. The van der Waals surface area contributed by atoms with Crippen molar-refractivity contribution in [1.82, 2.24) is 9.88 Å². The average Bonchev–Trinajstić information content (AvgIpc) is 3.59. The number of carbonyl (C=O) groups is 2. The van der Waals surface area contributed by atoms with Crippen LogP contribution in [0.4, 0.5) is 4.39 Å². The molecule has 5 nitrogen and oxygen atoms in total. The van der Waals surface area contributed by atoms with Gasteiger partial charge in [0.1, 0.15) is 5.82 Å². The van der Waals surface area contributed by atoms with Gasteiger partial charge in [-0.05, 0) is 43.9 Å². The Kier molecular flexibility index (Phi) is 6.40. The third kappa shape index (κ3) is 4.93. The van der Waals surface area contributed by atoms with Crippen LogP contribution in [-0.4, -0.2) is 34.4 Å². The topological polar surface area (TPSA) is 59.5 Å². The maximum Gasteiger partial charge on any atom is 0.310 e. The van der Waals surface area contributed by atoms with Crippen molar-refractivity contribution < 1.29 is 18.7 Å². The number of thiazole rings is 1. The number of nitrogens with zero attached hydrogens (tertiary/aromatic N) is 2. The Hall–Kier alpha value is -2.80. The summed E-state index contributed by atoms with van der Waals surface area (Å²) in [5.41, 5.74) is 1.44. The summed E-state index contributed by atoms with van der Waals surface area (Å²) in [5, 5.41) is 0.975. The Labute approximate surface area is 196 Å². The van der Waals surface area contributed by atoms with E-state index in [-0.39, 0.29) is 48.7 Å². The second-order valence-electron chi connectivity index (χ2n) is 8.97. The van der Waals surface area contributed by atoms with Crippen LogP contribution in [0.1, 0.15) is 55.0 Å². The molecule has 2 saturated carbocycles. The van der Waals surface area contributed by atoms with E-state index in [4.69, 9.17) is 9.72 Å². The third-order valence-electron chi connectivity index (χ3n) is 6.64. The van der Waals surface area contributed by atoms with E-state index in [1.165, 1.54) is 6.07 Å². The minimum atomic E-state index is -0.325. The van der Waals surface area contributed by atoms with Gasteiger partial charge in [-0.3, -0.25) is 9.59 Å². The van der Waals surface area contributed by atoms with Gasteiger partial charge in [0.2, 0.25) is 0 Å². The highest BCUT2D eigenvalue weighted by molar-refractivity contribution is 7.18. The Morgan fingerprint density at radius 2 is 1.79 bits per heavy atom. The predicted molar refractivity (Wildman–Crippen MR) is 125 cm³/mol. The lowest BCUT2D eigenvalue weighted by Crippen LogP contribution is -2.37. The molecule has 2 unspecified atom stereocenters. The fourth-order valence-corrected chi connectivity index (χ4v) is 5.86. The molecule has 0 saturated heterocycles. The van der Waals surface area contributed by atoms with Crippen LogP contribution in [0.5, 0.6) is 0 Å². The monoisotopic (exact) mass is 466 g/mol. The number of hydrogen-bond donors (Lipinski definition) is 0. The van der Waals surface area contributed by atoms with Gasteiger partial charge in [0.15, 0.2) is 6.61 Å². The zero-order chi connectivity index (χ0) is 22.8. The van der Waals surface area contributed by atoms with Gasteiger partial charge >= 0.3 is 5.97 Å². The van der Waals surface area contributed by atoms with Gasteiger partial charge in [-0.1, -0.05) is 43.2 Å². The lowest BCUT2D eigenvalue weighted by atomic mass is 9.79. The lowest BCUT2D eigenvalue weighted by Gasteiger charge is -2.29. The molecule has 2 aromatic carbocycles. The molecule has 2 atom stereocenters. The first-order valence-electron chi connectivity index (χ1n) is 11.6. The first-order valence-corrected chi connectivity index (χ1v) is 12.5. The molecule has 7 heteroatoms. The zero-order valence-corrected chi connectivity index (χ0v) is 19.2. The molecule has 2 fully saturated rings. The smallest absolute Gasteiger partial charge is 0.310 e. The van der Waals surface area contributed by atoms with Crippen LogP contribution in [0, 0.1) is 11.7 Å². The highest BCUT2D eigenvalue weighted by atomic mass is 32.1. The molecule has 1 aromatic heterocycles. The van der Waals surface area contributed by atoms with Gasteiger partial charge in [-0.2, -0.15) is 0 Å². The van der Waals surface area contributed by atoms with Crippen molar-refractivity contribution in [3.63, 3.8) is 0 Å². The van der Waals surface area contributed by atoms with Crippen LogP contribution in [0.25, 0.3) is 10.2 Å². The van der Waals surface area contributed by atoms with Crippen LogP contribution in [0.3, 0.4) is 0 Å². The van der Waals surface area contributed by atoms with E-state index in [0.29, 0.717) is 5.56 Å². The number of halogens is 1. The molecule has 1 amide bonds. The Balaban J connectivity index is 1.25. The van der Waals surface area contributed by atoms with E-state index in [1.54, 1.807) is 34.4 Å². The Bertz CT molecular complexity index is 1130. The summed E-state index contributed by atoms with van der Waals surface area (Å²) in [6.07, 6.45) is 5.47. The summed E-state index contributed by atoms with van der Waals surface area (Å²) >= 11 is 1.64. The number of rotatable bonds is 7. The highest BCUT2D eigenvalue weighted by Gasteiger charge is 2.37. The molecular formula is C26H27FN2O3S. The van der Waals surface area contributed by atoms with E-state index in [9.17, 15) is 14.0 Å². The normalized spacial score (nSPS) is 20.5. The largest absolute Gasteiger partial charge is 0.455 e. The Morgan fingerprint density at radius 3 is 2.58 bits per heavy atom. The molecule has 0 spiro atoms. The van der Waals surface area contributed by atoms with Gasteiger partial charge in [0.25, 0.3) is 5.91 Å². The fraction of sp³-hybridized carbons (Fsp3) is 0.423. The van der Waals surface area contributed by atoms with Crippen molar-refractivity contribution >= 4 is 33.4 Å². The number of para-hydroxylation sites is 1. The first-order chi connectivity index (χ1) is 16.1. The summed E-state index contributed by atoms with van der Waals surface area (Å²) < 4.78 is 20.8. The molecule has 0 N–H and O–H groups in total. The number of ether oxygens (including phenoxy) is 1. The molecule has 0 radical (unpaired) electrons. The standard InChI is InChI=1S/C26H27FN2O3S/c27-21-10-4-1-7-17(21)15-29(18-13-14-18)24(30)16-32-26(31)20-9-3-2-8-19(20)25-28-22-11-5-6-12-23(22)33-25/h1,4-7,10-12,18-20H,2-3,8-9,13-16H2. The molecule has 1 heterocycles. The van der Waals surface area contributed by atoms with Crippen molar-refractivity contribution in [2.75, 3.05) is 6.61 Å². The van der Waals surface area contributed by atoms with Crippen LogP contribution in [0.2, 0.25) is 0 Å². The van der Waals surface area contributed by atoms with Gasteiger partial charge in [0.05, 0.1) is 21.1 Å². The van der Waals surface area contributed by atoms with Crippen LogP contribution in [-0.2, 0) is 20.9 Å². The van der Waals surface area contributed by atoms with Gasteiger partial charge in [-0.25, -0.2) is 9.37 Å². The maximum atomic E-state index is 14.1. The van der Waals surface area contributed by atoms with Crippen molar-refractivity contribution in [3.05, 3.63) is 64.9 Å². The van der Waals surface area contributed by atoms with Crippen LogP contribution in [0.15, 0.2) is 48.5 Å². The predicted octanol–water partition coefficient (Wildman–Crippen LogP) is 5.44. The van der Waals surface area contributed by atoms with E-state index >= 15 is 0 Å². The molecule has 0 bridgehead atoms. The van der Waals surface area contributed by atoms with Crippen molar-refractivity contribution in [1.29, 1.82) is 0 Å². The average molecular weight is 467 g/mol. The van der Waals surface area contributed by atoms with Crippen LogP contribution < -0.4 is 0 Å². The first kappa shape index (κ1) is 22.0. The van der Waals surface area contributed by atoms with Gasteiger partial charge in [-0.15, -0.1) is 11.3 Å². The molecule has 172 valence electrons. The zero-order valence-electron chi connectivity index (χ0n) is 18.4. The second kappa shape index (κ2) is 9.59. The summed E-state index contributed by atoms with van der Waals surface area (Å²) in [4.78, 5) is 32.4. The number of carbonyl (C=O) groups excluding carboxylic acids is 2. The third-order valence-corrected chi connectivity index (χ3v) is 7.81. The highest BCUT2D eigenvalue weighted by Crippen LogP contribution is 2.41. The quantitative estimate of drug-likeness (QED) is 0.435. The minimum absolute atomic E-state index is 0.0247. The van der Waals surface area contributed by atoms with E-state index < -0.39 is 0 Å². The van der Waals surface area contributed by atoms with E-state index in [0.717, 1.165) is 53.7 Å². The van der Waals surface area contributed by atoms with Crippen LogP contribution >= 0.6 is 11.3 Å².